The van der Waals surface area contributed by atoms with E-state index >= 15 is 0 Å². The molecular weight excluding hydrogens is 409 g/mol. The van der Waals surface area contributed by atoms with Gasteiger partial charge in [0.2, 0.25) is 11.8 Å². The lowest BCUT2D eigenvalue weighted by atomic mass is 10.2. The van der Waals surface area contributed by atoms with Crippen LogP contribution in [0.3, 0.4) is 0 Å². The lowest BCUT2D eigenvalue weighted by Crippen LogP contribution is -2.38. The summed E-state index contributed by atoms with van der Waals surface area (Å²) in [7, 11) is -3.76. The Labute approximate surface area is 165 Å². The quantitative estimate of drug-likeness (QED) is 0.817. The lowest BCUT2D eigenvalue weighted by molar-refractivity contribution is -0.137. The number of alkyl halides is 3. The predicted octanol–water partition coefficient (Wildman–Crippen LogP) is 3.24. The second-order valence-corrected chi connectivity index (χ2v) is 8.97. The van der Waals surface area contributed by atoms with Gasteiger partial charge in [-0.3, -0.25) is 9.59 Å². The summed E-state index contributed by atoms with van der Waals surface area (Å²) in [5.41, 5.74) is -0.936. The molecule has 0 radical (unpaired) electrons. The first kappa shape index (κ1) is 20.8. The Kier molecular flexibility index (Phi) is 5.40. The minimum absolute atomic E-state index is 0.0646. The van der Waals surface area contributed by atoms with Gasteiger partial charge in [-0.2, -0.15) is 13.2 Å². The predicted molar refractivity (Wildman–Crippen MR) is 100 cm³/mol. The summed E-state index contributed by atoms with van der Waals surface area (Å²) in [5.74, 6) is -1.32. The Morgan fingerprint density at radius 3 is 2.55 bits per heavy atom. The number of nitrogens with zero attached hydrogens (tertiary/aromatic N) is 1. The van der Waals surface area contributed by atoms with Gasteiger partial charge in [-0.1, -0.05) is 18.2 Å². The van der Waals surface area contributed by atoms with Crippen LogP contribution in [0.4, 0.5) is 24.5 Å². The maximum atomic E-state index is 12.8. The molecule has 0 bridgehead atoms. The summed E-state index contributed by atoms with van der Waals surface area (Å²) in [4.78, 5) is 26.0. The van der Waals surface area contributed by atoms with Crippen LogP contribution in [0.25, 0.3) is 0 Å². The summed E-state index contributed by atoms with van der Waals surface area (Å²) >= 11 is 0. The molecule has 1 N–H and O–H groups in total. The van der Waals surface area contributed by atoms with E-state index in [-0.39, 0.29) is 22.7 Å². The van der Waals surface area contributed by atoms with Gasteiger partial charge in [0.25, 0.3) is 0 Å². The van der Waals surface area contributed by atoms with E-state index in [2.05, 4.69) is 5.32 Å². The topological polar surface area (TPSA) is 83.6 Å². The highest BCUT2D eigenvalue weighted by Gasteiger charge is 2.36. The number of halogens is 3. The van der Waals surface area contributed by atoms with Gasteiger partial charge in [0.15, 0.2) is 9.84 Å². The highest BCUT2D eigenvalue weighted by Crippen LogP contribution is 2.33. The molecule has 0 saturated heterocycles. The third-order valence-electron chi connectivity index (χ3n) is 4.53. The third-order valence-corrected chi connectivity index (χ3v) is 6.72. The smallest absolute Gasteiger partial charge is 0.325 e. The largest absolute Gasteiger partial charge is 0.416 e. The van der Waals surface area contributed by atoms with Crippen LogP contribution in [0.2, 0.25) is 0 Å². The first-order chi connectivity index (χ1) is 13.5. The SMILES string of the molecule is CC1CC(=O)N(CC(=O)Nc2cccc(C(F)(F)F)c2)c2ccccc2S1(=O)=O. The van der Waals surface area contributed by atoms with Crippen LogP contribution in [0.15, 0.2) is 53.4 Å². The number of benzene rings is 2. The van der Waals surface area contributed by atoms with Crippen molar-refractivity contribution in [1.29, 1.82) is 0 Å². The van der Waals surface area contributed by atoms with Crippen LogP contribution in [0, 0.1) is 0 Å². The number of anilines is 2. The first-order valence-electron chi connectivity index (χ1n) is 8.60. The molecule has 1 unspecified atom stereocenters. The lowest BCUT2D eigenvalue weighted by Gasteiger charge is -2.22. The molecule has 6 nitrogen and oxygen atoms in total. The van der Waals surface area contributed by atoms with Crippen molar-refractivity contribution in [3.63, 3.8) is 0 Å². The van der Waals surface area contributed by atoms with Crippen molar-refractivity contribution in [2.24, 2.45) is 0 Å². The van der Waals surface area contributed by atoms with Gasteiger partial charge in [0.1, 0.15) is 6.54 Å². The van der Waals surface area contributed by atoms with Crippen molar-refractivity contribution in [3.8, 4) is 0 Å². The molecule has 0 spiro atoms. The molecule has 1 heterocycles. The summed E-state index contributed by atoms with van der Waals surface area (Å²) < 4.78 is 63.8. The number of amides is 2. The number of fused-ring (bicyclic) bond motifs is 1. The molecule has 3 rings (SSSR count). The minimum Gasteiger partial charge on any atom is -0.325 e. The number of nitrogens with one attached hydrogen (secondary N) is 1. The van der Waals surface area contributed by atoms with Crippen LogP contribution in [0.5, 0.6) is 0 Å². The summed E-state index contributed by atoms with van der Waals surface area (Å²) in [6, 6.07) is 9.92. The minimum atomic E-state index is -4.56. The fourth-order valence-corrected chi connectivity index (χ4v) is 4.56. The zero-order valence-corrected chi connectivity index (χ0v) is 16.0. The number of carbonyl (C=O) groups excluding carboxylic acids is 2. The zero-order valence-electron chi connectivity index (χ0n) is 15.2. The van der Waals surface area contributed by atoms with Gasteiger partial charge in [0.05, 0.1) is 21.4 Å². The van der Waals surface area contributed by atoms with E-state index < -0.39 is 45.2 Å². The molecule has 2 aromatic rings. The van der Waals surface area contributed by atoms with Gasteiger partial charge in [0, 0.05) is 12.1 Å². The zero-order chi connectivity index (χ0) is 21.4. The fraction of sp³-hybridized carbons (Fsp3) is 0.263. The Morgan fingerprint density at radius 1 is 1.17 bits per heavy atom. The van der Waals surface area contributed by atoms with E-state index in [1.165, 1.54) is 37.3 Å². The van der Waals surface area contributed by atoms with E-state index in [1.807, 2.05) is 0 Å². The summed E-state index contributed by atoms with van der Waals surface area (Å²) in [6.07, 6.45) is -4.88. The standard InChI is InChI=1S/C19H17F3N2O4S/c1-12-9-18(26)24(15-7-2-3-8-16(15)29(12,27)28)11-17(25)23-14-6-4-5-13(10-14)19(20,21)22/h2-8,10,12H,9,11H2,1H3,(H,23,25). The fourth-order valence-electron chi connectivity index (χ4n) is 3.03. The molecule has 29 heavy (non-hydrogen) atoms. The van der Waals surface area contributed by atoms with Crippen LogP contribution >= 0.6 is 0 Å². The average molecular weight is 426 g/mol. The van der Waals surface area contributed by atoms with Crippen molar-refractivity contribution in [3.05, 3.63) is 54.1 Å². The highest BCUT2D eigenvalue weighted by molar-refractivity contribution is 7.92. The number of hydrogen-bond acceptors (Lipinski definition) is 4. The Hall–Kier alpha value is -2.88. The van der Waals surface area contributed by atoms with Gasteiger partial charge in [-0.15, -0.1) is 0 Å². The molecule has 154 valence electrons. The first-order valence-corrected chi connectivity index (χ1v) is 10.1. The number of hydrogen-bond donors (Lipinski definition) is 1. The van der Waals surface area contributed by atoms with Crippen LogP contribution in [0.1, 0.15) is 18.9 Å². The molecule has 1 atom stereocenters. The molecule has 1 aliphatic rings. The molecular formula is C19H17F3N2O4S. The van der Waals surface area contributed by atoms with Gasteiger partial charge >= 0.3 is 6.18 Å². The summed E-state index contributed by atoms with van der Waals surface area (Å²) in [5, 5.41) is 1.36. The van der Waals surface area contributed by atoms with Crippen molar-refractivity contribution in [1.82, 2.24) is 0 Å². The van der Waals surface area contributed by atoms with E-state index in [0.717, 1.165) is 23.1 Å². The van der Waals surface area contributed by atoms with Crippen LogP contribution < -0.4 is 10.2 Å². The van der Waals surface area contributed by atoms with Crippen LogP contribution in [-0.4, -0.2) is 32.0 Å². The third kappa shape index (κ3) is 4.26. The van der Waals surface area contributed by atoms with Gasteiger partial charge < -0.3 is 10.2 Å². The van der Waals surface area contributed by atoms with Crippen molar-refractivity contribution in [2.75, 3.05) is 16.8 Å². The van der Waals surface area contributed by atoms with E-state index in [0.29, 0.717) is 0 Å². The second-order valence-electron chi connectivity index (χ2n) is 6.63. The van der Waals surface area contributed by atoms with Gasteiger partial charge in [-0.25, -0.2) is 8.42 Å². The number of sulfone groups is 1. The van der Waals surface area contributed by atoms with Crippen LogP contribution in [-0.2, 0) is 25.6 Å². The molecule has 0 fully saturated rings. The van der Waals surface area contributed by atoms with E-state index in [9.17, 15) is 31.2 Å². The maximum Gasteiger partial charge on any atom is 0.416 e. The highest BCUT2D eigenvalue weighted by atomic mass is 32.2. The maximum absolute atomic E-state index is 12.8. The number of rotatable bonds is 3. The van der Waals surface area contributed by atoms with Crippen molar-refractivity contribution in [2.45, 2.75) is 29.7 Å². The van der Waals surface area contributed by atoms with Crippen molar-refractivity contribution < 1.29 is 31.2 Å². The second kappa shape index (κ2) is 7.51. The monoisotopic (exact) mass is 426 g/mol. The Morgan fingerprint density at radius 2 is 1.86 bits per heavy atom. The summed E-state index contributed by atoms with van der Waals surface area (Å²) in [6.45, 7) is 0.880. The van der Waals surface area contributed by atoms with Gasteiger partial charge in [-0.05, 0) is 37.3 Å². The Bertz CT molecular complexity index is 1070. The molecule has 1 aliphatic heterocycles. The number of carbonyl (C=O) groups is 2. The Balaban J connectivity index is 1.87. The molecule has 0 aromatic heterocycles. The molecule has 10 heteroatoms. The normalized spacial score (nSPS) is 18.7. The number of para-hydroxylation sites is 1. The average Bonchev–Trinajstić information content (AvgIpc) is 2.71. The molecule has 0 saturated carbocycles. The molecule has 2 aromatic carbocycles. The molecule has 0 aliphatic carbocycles. The van der Waals surface area contributed by atoms with E-state index in [1.54, 1.807) is 0 Å². The van der Waals surface area contributed by atoms with Crippen molar-refractivity contribution >= 4 is 33.0 Å². The molecule has 2 amide bonds. The van der Waals surface area contributed by atoms with E-state index in [4.69, 9.17) is 0 Å².